The molecule has 7 nitrogen and oxygen atoms in total. The SMILES string of the molecule is CSc1ncccc1C(=O)NCC1CCC(Nc2nc3c(c(N(C)C)n2)CCCC3)CC1. The summed E-state index contributed by atoms with van der Waals surface area (Å²) in [5, 5.41) is 7.50. The summed E-state index contributed by atoms with van der Waals surface area (Å²) in [7, 11) is 4.13. The molecule has 2 aromatic heterocycles. The molecule has 0 aliphatic heterocycles. The second kappa shape index (κ2) is 10.5. The van der Waals surface area contributed by atoms with E-state index in [2.05, 4.69) is 34.6 Å². The molecule has 1 saturated carbocycles. The highest BCUT2D eigenvalue weighted by Crippen LogP contribution is 2.30. The zero-order valence-electron chi connectivity index (χ0n) is 19.4. The first-order valence-electron chi connectivity index (χ1n) is 11.7. The predicted octanol–water partition coefficient (Wildman–Crippen LogP) is 3.94. The molecule has 172 valence electrons. The monoisotopic (exact) mass is 454 g/mol. The maximum Gasteiger partial charge on any atom is 0.254 e. The number of fused-ring (bicyclic) bond motifs is 1. The summed E-state index contributed by atoms with van der Waals surface area (Å²) in [4.78, 5) is 28.7. The van der Waals surface area contributed by atoms with Gasteiger partial charge in [-0.15, -0.1) is 11.8 Å². The van der Waals surface area contributed by atoms with Crippen molar-refractivity contribution in [2.75, 3.05) is 37.1 Å². The summed E-state index contributed by atoms with van der Waals surface area (Å²) >= 11 is 1.50. The summed E-state index contributed by atoms with van der Waals surface area (Å²) in [5.74, 6) is 2.32. The van der Waals surface area contributed by atoms with Gasteiger partial charge >= 0.3 is 0 Å². The van der Waals surface area contributed by atoms with Crippen molar-refractivity contribution in [1.29, 1.82) is 0 Å². The number of hydrogen-bond acceptors (Lipinski definition) is 7. The second-order valence-corrected chi connectivity index (χ2v) is 9.82. The largest absolute Gasteiger partial charge is 0.362 e. The maximum absolute atomic E-state index is 12.6. The van der Waals surface area contributed by atoms with Gasteiger partial charge in [-0.25, -0.2) is 9.97 Å². The maximum atomic E-state index is 12.6. The summed E-state index contributed by atoms with van der Waals surface area (Å²) in [6.45, 7) is 0.717. The molecule has 0 unspecified atom stereocenters. The van der Waals surface area contributed by atoms with Gasteiger partial charge in [-0.2, -0.15) is 4.98 Å². The van der Waals surface area contributed by atoms with Crippen LogP contribution in [0.2, 0.25) is 0 Å². The Bertz CT molecular complexity index is 942. The molecule has 4 rings (SSSR count). The van der Waals surface area contributed by atoms with Crippen LogP contribution in [0.15, 0.2) is 23.4 Å². The zero-order valence-corrected chi connectivity index (χ0v) is 20.2. The number of anilines is 2. The van der Waals surface area contributed by atoms with Gasteiger partial charge in [0.05, 0.1) is 11.3 Å². The highest BCUT2D eigenvalue weighted by atomic mass is 32.2. The van der Waals surface area contributed by atoms with Gasteiger partial charge in [-0.05, 0) is 75.7 Å². The fourth-order valence-electron chi connectivity index (χ4n) is 4.76. The molecule has 0 aromatic carbocycles. The van der Waals surface area contributed by atoms with Crippen LogP contribution < -0.4 is 15.5 Å². The minimum absolute atomic E-state index is 0.0265. The summed E-state index contributed by atoms with van der Waals surface area (Å²) in [6.07, 6.45) is 12.6. The minimum Gasteiger partial charge on any atom is -0.362 e. The van der Waals surface area contributed by atoms with Crippen LogP contribution >= 0.6 is 11.8 Å². The van der Waals surface area contributed by atoms with Crippen LogP contribution in [0, 0.1) is 5.92 Å². The van der Waals surface area contributed by atoms with E-state index in [9.17, 15) is 4.79 Å². The summed E-state index contributed by atoms with van der Waals surface area (Å²) < 4.78 is 0. The van der Waals surface area contributed by atoms with Gasteiger partial charge in [-0.3, -0.25) is 4.79 Å². The fourth-order valence-corrected chi connectivity index (χ4v) is 5.31. The van der Waals surface area contributed by atoms with Gasteiger partial charge < -0.3 is 15.5 Å². The third kappa shape index (κ3) is 5.34. The van der Waals surface area contributed by atoms with Crippen LogP contribution in [0.1, 0.15) is 60.1 Å². The van der Waals surface area contributed by atoms with Crippen molar-refractivity contribution >= 4 is 29.4 Å². The molecule has 0 saturated heterocycles. The molecular weight excluding hydrogens is 420 g/mol. The Morgan fingerprint density at radius 3 is 2.69 bits per heavy atom. The van der Waals surface area contributed by atoms with Gasteiger partial charge in [0.25, 0.3) is 5.91 Å². The standard InChI is InChI=1S/C24H34N6OS/c1-30(2)21-18-7-4-5-9-20(18)28-24(29-21)27-17-12-10-16(11-13-17)15-26-22(31)19-8-6-14-25-23(19)32-3/h6,8,14,16-17H,4-5,7,9-13,15H2,1-3H3,(H,26,31)(H,27,28,29). The number of nitrogens with zero attached hydrogens (tertiary/aromatic N) is 4. The Hall–Kier alpha value is -2.35. The van der Waals surface area contributed by atoms with E-state index >= 15 is 0 Å². The van der Waals surface area contributed by atoms with Crippen LogP contribution in [-0.2, 0) is 12.8 Å². The number of thioether (sulfide) groups is 1. The van der Waals surface area contributed by atoms with Crippen molar-refractivity contribution in [3.8, 4) is 0 Å². The number of pyridine rings is 1. The van der Waals surface area contributed by atoms with Crippen molar-refractivity contribution in [2.24, 2.45) is 5.92 Å². The normalized spacial score (nSPS) is 20.3. The van der Waals surface area contributed by atoms with Crippen LogP contribution in [0.3, 0.4) is 0 Å². The minimum atomic E-state index is -0.0265. The first kappa shape index (κ1) is 22.8. The first-order chi connectivity index (χ1) is 15.5. The molecule has 0 radical (unpaired) electrons. The Morgan fingerprint density at radius 2 is 1.94 bits per heavy atom. The van der Waals surface area contributed by atoms with Crippen LogP contribution in [0.5, 0.6) is 0 Å². The van der Waals surface area contributed by atoms with E-state index in [0.29, 0.717) is 24.1 Å². The first-order valence-corrected chi connectivity index (χ1v) is 12.9. The molecule has 0 atom stereocenters. The molecule has 32 heavy (non-hydrogen) atoms. The molecule has 8 heteroatoms. The zero-order chi connectivity index (χ0) is 22.5. The molecule has 1 fully saturated rings. The lowest BCUT2D eigenvalue weighted by molar-refractivity contribution is 0.0939. The Labute approximate surface area is 195 Å². The van der Waals surface area contributed by atoms with E-state index in [1.807, 2.05) is 18.4 Å². The number of amides is 1. The Kier molecular flexibility index (Phi) is 7.50. The van der Waals surface area contributed by atoms with Crippen molar-refractivity contribution in [1.82, 2.24) is 20.3 Å². The number of rotatable bonds is 7. The van der Waals surface area contributed by atoms with Gasteiger partial charge in [-0.1, -0.05) is 0 Å². The average Bonchev–Trinajstić information content (AvgIpc) is 2.82. The van der Waals surface area contributed by atoms with E-state index in [4.69, 9.17) is 9.97 Å². The molecule has 0 bridgehead atoms. The van der Waals surface area contributed by atoms with Gasteiger partial charge in [0.1, 0.15) is 10.8 Å². The van der Waals surface area contributed by atoms with Crippen LogP contribution in [-0.4, -0.2) is 53.8 Å². The van der Waals surface area contributed by atoms with Gasteiger partial charge in [0.15, 0.2) is 0 Å². The number of aryl methyl sites for hydroxylation is 1. The lowest BCUT2D eigenvalue weighted by Gasteiger charge is -2.30. The van der Waals surface area contributed by atoms with Crippen molar-refractivity contribution in [2.45, 2.75) is 62.4 Å². The number of aromatic nitrogens is 3. The molecule has 1 amide bonds. The van der Waals surface area contributed by atoms with E-state index < -0.39 is 0 Å². The summed E-state index contributed by atoms with van der Waals surface area (Å²) in [5.41, 5.74) is 3.20. The Balaban J connectivity index is 1.30. The quantitative estimate of drug-likeness (QED) is 0.613. The van der Waals surface area contributed by atoms with Crippen molar-refractivity contribution in [3.63, 3.8) is 0 Å². The fraction of sp³-hybridized carbons (Fsp3) is 0.583. The van der Waals surface area contributed by atoms with Crippen molar-refractivity contribution in [3.05, 3.63) is 35.2 Å². The van der Waals surface area contributed by atoms with E-state index in [0.717, 1.165) is 55.3 Å². The van der Waals surface area contributed by atoms with Gasteiger partial charge in [0, 0.05) is 38.4 Å². The van der Waals surface area contributed by atoms with Gasteiger partial charge in [0.2, 0.25) is 5.95 Å². The molecule has 2 aliphatic rings. The lowest BCUT2D eigenvalue weighted by atomic mass is 9.86. The average molecular weight is 455 g/mol. The van der Waals surface area contributed by atoms with Crippen LogP contribution in [0.25, 0.3) is 0 Å². The van der Waals surface area contributed by atoms with E-state index in [1.165, 1.54) is 35.9 Å². The van der Waals surface area contributed by atoms with E-state index in [-0.39, 0.29) is 5.91 Å². The molecular formula is C24H34N6OS. The third-order valence-electron chi connectivity index (χ3n) is 6.53. The molecule has 2 N–H and O–H groups in total. The summed E-state index contributed by atoms with van der Waals surface area (Å²) in [6, 6.07) is 4.05. The van der Waals surface area contributed by atoms with Crippen LogP contribution in [0.4, 0.5) is 11.8 Å². The second-order valence-electron chi connectivity index (χ2n) is 9.03. The number of nitrogens with one attached hydrogen (secondary N) is 2. The predicted molar refractivity (Wildman–Crippen MR) is 131 cm³/mol. The molecule has 2 heterocycles. The number of carbonyl (C=O) groups is 1. The highest BCUT2D eigenvalue weighted by molar-refractivity contribution is 7.98. The number of carbonyl (C=O) groups excluding carboxylic acids is 1. The molecule has 2 aromatic rings. The third-order valence-corrected chi connectivity index (χ3v) is 7.24. The van der Waals surface area contributed by atoms with E-state index in [1.54, 1.807) is 6.20 Å². The number of hydrogen-bond donors (Lipinski definition) is 2. The van der Waals surface area contributed by atoms with Crippen molar-refractivity contribution < 1.29 is 4.79 Å². The lowest BCUT2D eigenvalue weighted by Crippen LogP contribution is -2.34. The molecule has 0 spiro atoms. The molecule has 2 aliphatic carbocycles. The topological polar surface area (TPSA) is 83.0 Å². The highest BCUT2D eigenvalue weighted by Gasteiger charge is 2.24. The Morgan fingerprint density at radius 1 is 1.16 bits per heavy atom. The smallest absolute Gasteiger partial charge is 0.254 e.